The molecule has 0 unspecified atom stereocenters. The van der Waals surface area contributed by atoms with Gasteiger partial charge in [0.1, 0.15) is 6.29 Å². The fourth-order valence-corrected chi connectivity index (χ4v) is 1.11. The highest BCUT2D eigenvalue weighted by atomic mass is 16.5. The molecule has 0 bridgehead atoms. The first kappa shape index (κ1) is 11.9. The Balaban J connectivity index is 2.25. The van der Waals surface area contributed by atoms with Gasteiger partial charge >= 0.3 is 0 Å². The monoisotopic (exact) mass is 208 g/mol. The maximum atomic E-state index is 10.4. The molecule has 0 aliphatic carbocycles. The molecule has 1 N–H and O–H groups in total. The van der Waals surface area contributed by atoms with Gasteiger partial charge in [-0.15, -0.1) is 0 Å². The van der Waals surface area contributed by atoms with Gasteiger partial charge in [-0.25, -0.2) is 0 Å². The van der Waals surface area contributed by atoms with Gasteiger partial charge in [-0.05, 0) is 5.56 Å². The van der Waals surface area contributed by atoms with Crippen molar-refractivity contribution in [3.05, 3.63) is 35.9 Å². The number of aldehydes is 1. The average molecular weight is 208 g/mol. The molecule has 3 nitrogen and oxygen atoms in total. The largest absolute Gasteiger partial charge is 0.390 e. The van der Waals surface area contributed by atoms with Crippen molar-refractivity contribution in [2.75, 3.05) is 6.61 Å². The number of rotatable bonds is 6. The van der Waals surface area contributed by atoms with Crippen molar-refractivity contribution in [2.24, 2.45) is 5.92 Å². The number of aliphatic hydroxyl groups excluding tert-OH is 1. The molecule has 1 aromatic carbocycles. The maximum absolute atomic E-state index is 10.4. The lowest BCUT2D eigenvalue weighted by molar-refractivity contribution is -0.115. The smallest absolute Gasteiger partial charge is 0.125 e. The Labute approximate surface area is 89.7 Å². The van der Waals surface area contributed by atoms with E-state index in [0.717, 1.165) is 11.8 Å². The Morgan fingerprint density at radius 3 is 2.67 bits per heavy atom. The van der Waals surface area contributed by atoms with Crippen LogP contribution < -0.4 is 0 Å². The summed E-state index contributed by atoms with van der Waals surface area (Å²) in [6, 6.07) is 9.71. The minimum absolute atomic E-state index is 0.189. The molecule has 82 valence electrons. The molecule has 15 heavy (non-hydrogen) atoms. The number of ether oxygens (including phenoxy) is 1. The van der Waals surface area contributed by atoms with Gasteiger partial charge in [-0.3, -0.25) is 0 Å². The van der Waals surface area contributed by atoms with Gasteiger partial charge in [0.05, 0.1) is 19.3 Å². The molecule has 1 aromatic rings. The van der Waals surface area contributed by atoms with Crippen LogP contribution in [0.2, 0.25) is 0 Å². The molecule has 0 fully saturated rings. The van der Waals surface area contributed by atoms with E-state index in [-0.39, 0.29) is 12.5 Å². The van der Waals surface area contributed by atoms with Crippen LogP contribution in [-0.4, -0.2) is 24.1 Å². The van der Waals surface area contributed by atoms with Gasteiger partial charge < -0.3 is 14.6 Å². The summed E-state index contributed by atoms with van der Waals surface area (Å²) >= 11 is 0. The number of benzene rings is 1. The second-order valence-corrected chi connectivity index (χ2v) is 3.56. The molecule has 0 aliphatic rings. The van der Waals surface area contributed by atoms with E-state index >= 15 is 0 Å². The quantitative estimate of drug-likeness (QED) is 0.719. The molecule has 0 heterocycles. The summed E-state index contributed by atoms with van der Waals surface area (Å²) in [4.78, 5) is 10.4. The van der Waals surface area contributed by atoms with Crippen LogP contribution in [0.25, 0.3) is 0 Å². The zero-order chi connectivity index (χ0) is 11.1. The number of hydrogen-bond acceptors (Lipinski definition) is 3. The van der Waals surface area contributed by atoms with Crippen LogP contribution in [0.5, 0.6) is 0 Å². The van der Waals surface area contributed by atoms with Crippen molar-refractivity contribution < 1.29 is 14.6 Å². The minimum atomic E-state index is -0.716. The molecule has 3 heteroatoms. The van der Waals surface area contributed by atoms with Crippen molar-refractivity contribution in [1.82, 2.24) is 0 Å². The van der Waals surface area contributed by atoms with Crippen molar-refractivity contribution in [3.63, 3.8) is 0 Å². The van der Waals surface area contributed by atoms with Crippen LogP contribution in [0.15, 0.2) is 30.3 Å². The first-order chi connectivity index (χ1) is 7.24. The molecular weight excluding hydrogens is 192 g/mol. The van der Waals surface area contributed by atoms with E-state index in [1.54, 1.807) is 6.92 Å². The Morgan fingerprint density at radius 1 is 1.40 bits per heavy atom. The lowest BCUT2D eigenvalue weighted by Crippen LogP contribution is -2.24. The molecular formula is C12H16O3. The van der Waals surface area contributed by atoms with E-state index in [9.17, 15) is 9.90 Å². The van der Waals surface area contributed by atoms with Crippen LogP contribution in [0.3, 0.4) is 0 Å². The highest BCUT2D eigenvalue weighted by Crippen LogP contribution is 2.04. The zero-order valence-corrected chi connectivity index (χ0v) is 8.80. The molecule has 0 saturated carbocycles. The van der Waals surface area contributed by atoms with Crippen LogP contribution >= 0.6 is 0 Å². The van der Waals surface area contributed by atoms with Gasteiger partial charge in [0, 0.05) is 5.92 Å². The first-order valence-electron chi connectivity index (χ1n) is 4.99. The SMILES string of the molecule is C[C@H](C=O)[C@@H](O)COCc1ccccc1. The van der Waals surface area contributed by atoms with E-state index in [4.69, 9.17) is 4.74 Å². The average Bonchev–Trinajstić information content (AvgIpc) is 2.29. The molecule has 0 aromatic heterocycles. The molecule has 1 rings (SSSR count). The second kappa shape index (κ2) is 6.32. The zero-order valence-electron chi connectivity index (χ0n) is 8.80. The van der Waals surface area contributed by atoms with Gasteiger partial charge in [0.25, 0.3) is 0 Å². The molecule has 0 amide bonds. The van der Waals surface area contributed by atoms with Crippen molar-refractivity contribution in [3.8, 4) is 0 Å². The summed E-state index contributed by atoms with van der Waals surface area (Å²) in [5.41, 5.74) is 1.06. The third-order valence-corrected chi connectivity index (χ3v) is 2.22. The third-order valence-electron chi connectivity index (χ3n) is 2.22. The number of aliphatic hydroxyl groups is 1. The van der Waals surface area contributed by atoms with Crippen molar-refractivity contribution in [2.45, 2.75) is 19.6 Å². The van der Waals surface area contributed by atoms with Crippen molar-refractivity contribution in [1.29, 1.82) is 0 Å². The number of hydrogen-bond donors (Lipinski definition) is 1. The normalized spacial score (nSPS) is 14.5. The first-order valence-corrected chi connectivity index (χ1v) is 4.99. The van der Waals surface area contributed by atoms with Crippen LogP contribution in [0.1, 0.15) is 12.5 Å². The standard InChI is InChI=1S/C12H16O3/c1-10(7-13)12(14)9-15-8-11-5-3-2-4-6-11/h2-7,10,12,14H,8-9H2,1H3/t10-,12+/m1/s1. The highest BCUT2D eigenvalue weighted by molar-refractivity contribution is 5.53. The van der Waals surface area contributed by atoms with Gasteiger partial charge in [0.15, 0.2) is 0 Å². The van der Waals surface area contributed by atoms with E-state index in [1.165, 1.54) is 0 Å². The molecule has 0 spiro atoms. The lowest BCUT2D eigenvalue weighted by atomic mass is 10.1. The van der Waals surface area contributed by atoms with E-state index < -0.39 is 6.10 Å². The molecule has 0 saturated heterocycles. The number of carbonyl (C=O) groups is 1. The van der Waals surface area contributed by atoms with Gasteiger partial charge in [0.2, 0.25) is 0 Å². The molecule has 2 atom stereocenters. The Hall–Kier alpha value is -1.19. The Kier molecular flexibility index (Phi) is 5.01. The third kappa shape index (κ3) is 4.23. The van der Waals surface area contributed by atoms with Crippen LogP contribution in [0.4, 0.5) is 0 Å². The summed E-state index contributed by atoms with van der Waals surface area (Å²) in [6.07, 6.45) is 0.0162. The Bertz CT molecular complexity index is 284. The van der Waals surface area contributed by atoms with E-state index in [2.05, 4.69) is 0 Å². The van der Waals surface area contributed by atoms with Crippen LogP contribution in [-0.2, 0) is 16.1 Å². The summed E-state index contributed by atoms with van der Waals surface area (Å²) in [7, 11) is 0. The maximum Gasteiger partial charge on any atom is 0.125 e. The topological polar surface area (TPSA) is 46.5 Å². The fourth-order valence-electron chi connectivity index (χ4n) is 1.11. The predicted octanol–water partition coefficient (Wildman–Crippen LogP) is 1.40. The predicted molar refractivity (Wildman–Crippen MR) is 57.3 cm³/mol. The Morgan fingerprint density at radius 2 is 2.07 bits per heavy atom. The lowest BCUT2D eigenvalue weighted by Gasteiger charge is -2.13. The van der Waals surface area contributed by atoms with Crippen LogP contribution in [0, 0.1) is 5.92 Å². The summed E-state index contributed by atoms with van der Waals surface area (Å²) < 4.78 is 5.30. The summed E-state index contributed by atoms with van der Waals surface area (Å²) in [6.45, 7) is 2.32. The van der Waals surface area contributed by atoms with Crippen molar-refractivity contribution >= 4 is 6.29 Å². The van der Waals surface area contributed by atoms with Gasteiger partial charge in [-0.2, -0.15) is 0 Å². The summed E-state index contributed by atoms with van der Waals surface area (Å²) in [5, 5.41) is 9.44. The molecule has 0 radical (unpaired) electrons. The minimum Gasteiger partial charge on any atom is -0.390 e. The van der Waals surface area contributed by atoms with Gasteiger partial charge in [-0.1, -0.05) is 37.3 Å². The molecule has 0 aliphatic heterocycles. The van der Waals surface area contributed by atoms with E-state index in [1.807, 2.05) is 30.3 Å². The highest BCUT2D eigenvalue weighted by Gasteiger charge is 2.12. The number of carbonyl (C=O) groups excluding carboxylic acids is 1. The fraction of sp³-hybridized carbons (Fsp3) is 0.417. The van der Waals surface area contributed by atoms with E-state index in [0.29, 0.717) is 6.61 Å². The summed E-state index contributed by atoms with van der Waals surface area (Å²) in [5.74, 6) is -0.374. The second-order valence-electron chi connectivity index (χ2n) is 3.56.